The molecule has 0 bridgehead atoms. The van der Waals surface area contributed by atoms with Gasteiger partial charge in [0.1, 0.15) is 0 Å². The van der Waals surface area contributed by atoms with Gasteiger partial charge in [0.2, 0.25) is 0 Å². The number of nitrogen functional groups attached to an aromatic ring is 1. The second-order valence-corrected chi connectivity index (χ2v) is 7.18. The maximum atomic E-state index is 5.81. The summed E-state index contributed by atoms with van der Waals surface area (Å²) in [6.07, 6.45) is 10.3. The number of thiazole rings is 1. The summed E-state index contributed by atoms with van der Waals surface area (Å²) < 4.78 is 0. The fraction of sp³-hybridized carbons (Fsp3) is 0.263. The fourth-order valence-electron chi connectivity index (χ4n) is 3.23. The Morgan fingerprint density at radius 1 is 1.21 bits per heavy atom. The summed E-state index contributed by atoms with van der Waals surface area (Å²) in [4.78, 5) is 12.5. The van der Waals surface area contributed by atoms with Gasteiger partial charge in [-0.1, -0.05) is 30.4 Å². The minimum Gasteiger partial charge on any atom is -0.375 e. The van der Waals surface area contributed by atoms with Crippen LogP contribution in [0.4, 0.5) is 5.13 Å². The van der Waals surface area contributed by atoms with E-state index in [1.165, 1.54) is 26.9 Å². The van der Waals surface area contributed by atoms with Crippen LogP contribution < -0.4 is 5.73 Å². The largest absolute Gasteiger partial charge is 0.375 e. The van der Waals surface area contributed by atoms with Gasteiger partial charge in [-0.15, -0.1) is 11.3 Å². The van der Waals surface area contributed by atoms with Crippen molar-refractivity contribution < 1.29 is 0 Å². The van der Waals surface area contributed by atoms with Crippen molar-refractivity contribution in [1.82, 2.24) is 14.9 Å². The van der Waals surface area contributed by atoms with Gasteiger partial charge in [-0.2, -0.15) is 0 Å². The molecule has 2 aromatic heterocycles. The first-order chi connectivity index (χ1) is 11.8. The Bertz CT molecular complexity index is 853. The smallest absolute Gasteiger partial charge is 0.180 e. The Hall–Kier alpha value is -2.24. The highest BCUT2D eigenvalue weighted by molar-refractivity contribution is 7.15. The van der Waals surface area contributed by atoms with Crippen LogP contribution in [0.25, 0.3) is 16.8 Å². The number of nitrogens with zero attached hydrogens (tertiary/aromatic N) is 3. The molecule has 1 aliphatic rings. The molecule has 0 unspecified atom stereocenters. The molecule has 0 aliphatic carbocycles. The first-order valence-electron chi connectivity index (χ1n) is 8.25. The van der Waals surface area contributed by atoms with E-state index in [2.05, 4.69) is 51.3 Å². The molecule has 0 spiro atoms. The molecule has 1 aromatic carbocycles. The lowest BCUT2D eigenvalue weighted by atomic mass is 10.1. The van der Waals surface area contributed by atoms with Crippen LogP contribution in [0.2, 0.25) is 0 Å². The minimum atomic E-state index is 0.707. The molecule has 3 aromatic rings. The average Bonchev–Trinajstić information content (AvgIpc) is 2.86. The Morgan fingerprint density at radius 3 is 3.08 bits per heavy atom. The van der Waals surface area contributed by atoms with Gasteiger partial charge in [0.25, 0.3) is 0 Å². The summed E-state index contributed by atoms with van der Waals surface area (Å²) in [5.74, 6) is 0. The van der Waals surface area contributed by atoms with Crippen LogP contribution in [0.1, 0.15) is 16.1 Å². The van der Waals surface area contributed by atoms with Crippen molar-refractivity contribution in [2.45, 2.75) is 12.8 Å². The molecule has 5 heteroatoms. The van der Waals surface area contributed by atoms with E-state index in [4.69, 9.17) is 5.73 Å². The number of rotatable bonds is 3. The van der Waals surface area contributed by atoms with Crippen molar-refractivity contribution in [2.75, 3.05) is 25.4 Å². The van der Waals surface area contributed by atoms with E-state index in [-0.39, 0.29) is 0 Å². The van der Waals surface area contributed by atoms with E-state index in [1.54, 1.807) is 11.3 Å². The molecule has 1 aliphatic heterocycles. The molecule has 2 N–H and O–H groups in total. The summed E-state index contributed by atoms with van der Waals surface area (Å²) >= 11 is 1.64. The summed E-state index contributed by atoms with van der Waals surface area (Å²) in [5, 5.41) is 3.14. The van der Waals surface area contributed by atoms with Crippen LogP contribution in [0, 0.1) is 0 Å². The van der Waals surface area contributed by atoms with Gasteiger partial charge in [0, 0.05) is 48.7 Å². The standard InChI is InChI=1S/C19H20N4S/c20-19-22-17-7-11-23(12-8-18(17)24-19)10-2-5-14-3-1-4-15-13-21-9-6-16(14)15/h1-6,9,13H,7-8,10-12H2,(H2,20,22)/b5-2+. The number of pyridine rings is 1. The highest BCUT2D eigenvalue weighted by Gasteiger charge is 2.16. The highest BCUT2D eigenvalue weighted by Crippen LogP contribution is 2.24. The van der Waals surface area contributed by atoms with Gasteiger partial charge in [0.05, 0.1) is 5.69 Å². The van der Waals surface area contributed by atoms with Gasteiger partial charge in [-0.3, -0.25) is 9.88 Å². The van der Waals surface area contributed by atoms with Gasteiger partial charge >= 0.3 is 0 Å². The second-order valence-electron chi connectivity index (χ2n) is 6.07. The van der Waals surface area contributed by atoms with Gasteiger partial charge < -0.3 is 5.73 Å². The van der Waals surface area contributed by atoms with Crippen LogP contribution in [0.3, 0.4) is 0 Å². The van der Waals surface area contributed by atoms with Crippen molar-refractivity contribution in [3.63, 3.8) is 0 Å². The van der Waals surface area contributed by atoms with Crippen molar-refractivity contribution in [1.29, 1.82) is 0 Å². The molecule has 122 valence electrons. The number of aromatic nitrogens is 2. The molecule has 3 heterocycles. The Balaban J connectivity index is 1.43. The van der Waals surface area contributed by atoms with E-state index in [1.807, 2.05) is 12.4 Å². The predicted octanol–water partition coefficient (Wildman–Crippen LogP) is 3.39. The Kier molecular flexibility index (Phi) is 4.28. The lowest BCUT2D eigenvalue weighted by molar-refractivity contribution is 0.318. The van der Waals surface area contributed by atoms with Crippen molar-refractivity contribution in [3.05, 3.63) is 58.9 Å². The fourth-order valence-corrected chi connectivity index (χ4v) is 4.10. The molecule has 0 saturated carbocycles. The third-order valence-corrected chi connectivity index (χ3v) is 5.48. The Labute approximate surface area is 145 Å². The van der Waals surface area contributed by atoms with E-state index in [9.17, 15) is 0 Å². The van der Waals surface area contributed by atoms with Crippen LogP contribution in [0.5, 0.6) is 0 Å². The molecule has 0 amide bonds. The summed E-state index contributed by atoms with van der Waals surface area (Å²) in [6, 6.07) is 8.43. The number of nitrogens with two attached hydrogens (primary N) is 1. The molecular weight excluding hydrogens is 316 g/mol. The average molecular weight is 336 g/mol. The summed E-state index contributed by atoms with van der Waals surface area (Å²) in [5.41, 5.74) is 8.26. The molecule has 0 radical (unpaired) electrons. The van der Waals surface area contributed by atoms with Crippen molar-refractivity contribution in [2.24, 2.45) is 0 Å². The highest BCUT2D eigenvalue weighted by atomic mass is 32.1. The second kappa shape index (κ2) is 6.71. The normalized spacial score (nSPS) is 15.7. The van der Waals surface area contributed by atoms with E-state index in [0.717, 1.165) is 32.5 Å². The third kappa shape index (κ3) is 3.18. The van der Waals surface area contributed by atoms with Gasteiger partial charge in [0.15, 0.2) is 5.13 Å². The number of hydrogen-bond acceptors (Lipinski definition) is 5. The number of fused-ring (bicyclic) bond motifs is 2. The first-order valence-corrected chi connectivity index (χ1v) is 9.07. The monoisotopic (exact) mass is 336 g/mol. The zero-order valence-electron chi connectivity index (χ0n) is 13.5. The van der Waals surface area contributed by atoms with E-state index >= 15 is 0 Å². The van der Waals surface area contributed by atoms with Crippen molar-refractivity contribution in [3.8, 4) is 0 Å². The van der Waals surface area contributed by atoms with Gasteiger partial charge in [-0.05, 0) is 23.4 Å². The van der Waals surface area contributed by atoms with Crippen LogP contribution in [-0.2, 0) is 12.8 Å². The zero-order valence-corrected chi connectivity index (χ0v) is 14.3. The molecular formula is C19H20N4S. The maximum absolute atomic E-state index is 5.81. The van der Waals surface area contributed by atoms with E-state index < -0.39 is 0 Å². The molecule has 0 atom stereocenters. The van der Waals surface area contributed by atoms with E-state index in [0.29, 0.717) is 5.13 Å². The van der Waals surface area contributed by atoms with Crippen molar-refractivity contribution >= 4 is 33.3 Å². The quantitative estimate of drug-likeness (QED) is 0.796. The topological polar surface area (TPSA) is 55.0 Å². The lowest BCUT2D eigenvalue weighted by Crippen LogP contribution is -2.26. The number of anilines is 1. The number of hydrogen-bond donors (Lipinski definition) is 1. The third-order valence-electron chi connectivity index (χ3n) is 4.49. The number of benzene rings is 1. The van der Waals surface area contributed by atoms with Crippen LogP contribution >= 0.6 is 11.3 Å². The Morgan fingerprint density at radius 2 is 2.12 bits per heavy atom. The lowest BCUT2D eigenvalue weighted by Gasteiger charge is -2.17. The maximum Gasteiger partial charge on any atom is 0.180 e. The molecule has 0 saturated heterocycles. The SMILES string of the molecule is Nc1nc2c(s1)CCN(C/C=C/c1cccc3cnccc13)CC2. The van der Waals surface area contributed by atoms with Crippen LogP contribution in [0.15, 0.2) is 42.7 Å². The molecule has 0 fully saturated rings. The predicted molar refractivity (Wildman–Crippen MR) is 101 cm³/mol. The summed E-state index contributed by atoms with van der Waals surface area (Å²) in [7, 11) is 0. The molecule has 4 nitrogen and oxygen atoms in total. The molecule has 4 rings (SSSR count). The van der Waals surface area contributed by atoms with Crippen LogP contribution in [-0.4, -0.2) is 34.5 Å². The van der Waals surface area contributed by atoms with Gasteiger partial charge in [-0.25, -0.2) is 4.98 Å². The first kappa shape index (κ1) is 15.3. The summed E-state index contributed by atoms with van der Waals surface area (Å²) in [6.45, 7) is 3.07. The molecule has 24 heavy (non-hydrogen) atoms. The zero-order chi connectivity index (χ0) is 16.4. The minimum absolute atomic E-state index is 0.707.